The Balaban J connectivity index is 1.86. The van der Waals surface area contributed by atoms with E-state index in [4.69, 9.17) is 0 Å². The van der Waals surface area contributed by atoms with Gasteiger partial charge in [-0.05, 0) is 36.3 Å². The number of thiophene rings is 1. The van der Waals surface area contributed by atoms with E-state index in [1.165, 1.54) is 36.8 Å². The topological polar surface area (TPSA) is 38.3 Å². The Labute approximate surface area is 99.8 Å². The molecular formula is C12H17NO2S. The molecule has 16 heavy (non-hydrogen) atoms. The zero-order valence-electron chi connectivity index (χ0n) is 9.49. The van der Waals surface area contributed by atoms with Crippen LogP contribution in [0.1, 0.15) is 35.7 Å². The van der Waals surface area contributed by atoms with E-state index < -0.39 is 0 Å². The van der Waals surface area contributed by atoms with Crippen molar-refractivity contribution in [3.8, 4) is 0 Å². The van der Waals surface area contributed by atoms with Crippen LogP contribution in [-0.2, 0) is 16.0 Å². The van der Waals surface area contributed by atoms with Gasteiger partial charge in [0.2, 0.25) is 0 Å². The SMILES string of the molecule is COC(=O)CCNC1CCCc2sccc21. The van der Waals surface area contributed by atoms with Crippen molar-refractivity contribution in [1.29, 1.82) is 0 Å². The first-order valence-corrected chi connectivity index (χ1v) is 6.55. The Bertz CT molecular complexity index is 362. The van der Waals surface area contributed by atoms with E-state index in [0.29, 0.717) is 19.0 Å². The highest BCUT2D eigenvalue weighted by atomic mass is 32.1. The summed E-state index contributed by atoms with van der Waals surface area (Å²) in [5.74, 6) is -0.145. The smallest absolute Gasteiger partial charge is 0.306 e. The summed E-state index contributed by atoms with van der Waals surface area (Å²) in [5, 5.41) is 5.59. The average molecular weight is 239 g/mol. The van der Waals surface area contributed by atoms with Crippen LogP contribution in [0.4, 0.5) is 0 Å². The van der Waals surface area contributed by atoms with Gasteiger partial charge < -0.3 is 10.1 Å². The number of rotatable bonds is 4. The van der Waals surface area contributed by atoms with Crippen molar-refractivity contribution in [3.63, 3.8) is 0 Å². The number of carbonyl (C=O) groups excluding carboxylic acids is 1. The standard InChI is InChI=1S/C12H17NO2S/c1-15-12(14)5-7-13-10-3-2-4-11-9(10)6-8-16-11/h6,8,10,13H,2-5,7H2,1H3. The molecule has 1 atom stereocenters. The number of nitrogens with one attached hydrogen (secondary N) is 1. The van der Waals surface area contributed by atoms with E-state index in [1.54, 1.807) is 0 Å². The van der Waals surface area contributed by atoms with E-state index >= 15 is 0 Å². The van der Waals surface area contributed by atoms with Gasteiger partial charge in [-0.2, -0.15) is 0 Å². The Morgan fingerprint density at radius 1 is 1.69 bits per heavy atom. The van der Waals surface area contributed by atoms with Gasteiger partial charge in [0.15, 0.2) is 0 Å². The minimum Gasteiger partial charge on any atom is -0.469 e. The molecule has 0 fully saturated rings. The van der Waals surface area contributed by atoms with Crippen molar-refractivity contribution in [2.75, 3.05) is 13.7 Å². The predicted octanol–water partition coefficient (Wildman–Crippen LogP) is 2.28. The molecule has 1 aliphatic carbocycles. The average Bonchev–Trinajstić information content (AvgIpc) is 2.77. The molecular weight excluding hydrogens is 222 g/mol. The summed E-state index contributed by atoms with van der Waals surface area (Å²) in [6, 6.07) is 2.63. The highest BCUT2D eigenvalue weighted by molar-refractivity contribution is 7.10. The molecule has 1 aliphatic rings. The van der Waals surface area contributed by atoms with Crippen LogP contribution < -0.4 is 5.32 Å². The van der Waals surface area contributed by atoms with Gasteiger partial charge in [0.05, 0.1) is 13.5 Å². The van der Waals surface area contributed by atoms with Gasteiger partial charge in [-0.3, -0.25) is 4.79 Å². The molecule has 1 N–H and O–H groups in total. The molecule has 88 valence electrons. The van der Waals surface area contributed by atoms with Crippen LogP contribution in [0.15, 0.2) is 11.4 Å². The van der Waals surface area contributed by atoms with Crippen LogP contribution in [0.2, 0.25) is 0 Å². The van der Waals surface area contributed by atoms with Gasteiger partial charge in [-0.15, -0.1) is 11.3 Å². The summed E-state index contributed by atoms with van der Waals surface area (Å²) < 4.78 is 4.62. The first-order chi connectivity index (χ1) is 7.81. The third kappa shape index (κ3) is 2.62. The van der Waals surface area contributed by atoms with Gasteiger partial charge in [0.1, 0.15) is 0 Å². The highest BCUT2D eigenvalue weighted by Gasteiger charge is 2.20. The Hall–Kier alpha value is -0.870. The second kappa shape index (κ2) is 5.46. The van der Waals surface area contributed by atoms with Crippen molar-refractivity contribution in [2.45, 2.75) is 31.7 Å². The van der Waals surface area contributed by atoms with E-state index in [0.717, 1.165) is 0 Å². The summed E-state index contributed by atoms with van der Waals surface area (Å²) in [5.41, 5.74) is 1.43. The molecule has 0 aliphatic heterocycles. The summed E-state index contributed by atoms with van der Waals surface area (Å²) in [6.07, 6.45) is 4.07. The zero-order valence-corrected chi connectivity index (χ0v) is 10.3. The van der Waals surface area contributed by atoms with Crippen molar-refractivity contribution in [3.05, 3.63) is 21.9 Å². The monoisotopic (exact) mass is 239 g/mol. The highest BCUT2D eigenvalue weighted by Crippen LogP contribution is 2.33. The zero-order chi connectivity index (χ0) is 11.4. The van der Waals surface area contributed by atoms with E-state index in [9.17, 15) is 4.79 Å². The predicted molar refractivity (Wildman–Crippen MR) is 64.6 cm³/mol. The van der Waals surface area contributed by atoms with Gasteiger partial charge in [0, 0.05) is 17.5 Å². The molecule has 0 saturated heterocycles. The van der Waals surface area contributed by atoms with E-state index in [2.05, 4.69) is 21.5 Å². The first-order valence-electron chi connectivity index (χ1n) is 5.67. The number of ether oxygens (including phenoxy) is 1. The summed E-state index contributed by atoms with van der Waals surface area (Å²) in [4.78, 5) is 12.5. The molecule has 0 spiro atoms. The van der Waals surface area contributed by atoms with Crippen molar-refractivity contribution >= 4 is 17.3 Å². The summed E-state index contributed by atoms with van der Waals surface area (Å²) in [6.45, 7) is 0.701. The Morgan fingerprint density at radius 3 is 3.38 bits per heavy atom. The second-order valence-electron chi connectivity index (χ2n) is 4.02. The number of hydrogen-bond acceptors (Lipinski definition) is 4. The molecule has 0 saturated carbocycles. The lowest BCUT2D eigenvalue weighted by Gasteiger charge is -2.23. The van der Waals surface area contributed by atoms with Crippen LogP contribution >= 0.6 is 11.3 Å². The number of esters is 1. The second-order valence-corrected chi connectivity index (χ2v) is 5.02. The lowest BCUT2D eigenvalue weighted by atomic mass is 9.94. The number of aryl methyl sites for hydroxylation is 1. The van der Waals surface area contributed by atoms with Gasteiger partial charge in [-0.1, -0.05) is 0 Å². The molecule has 3 nitrogen and oxygen atoms in total. The maximum absolute atomic E-state index is 11.0. The molecule has 0 amide bonds. The van der Waals surface area contributed by atoms with Crippen molar-refractivity contribution in [1.82, 2.24) is 5.32 Å². The molecule has 1 aromatic heterocycles. The van der Waals surface area contributed by atoms with Gasteiger partial charge >= 0.3 is 5.97 Å². The maximum atomic E-state index is 11.0. The largest absolute Gasteiger partial charge is 0.469 e. The fourth-order valence-electron chi connectivity index (χ4n) is 2.15. The number of fused-ring (bicyclic) bond motifs is 1. The van der Waals surface area contributed by atoms with Crippen molar-refractivity contribution < 1.29 is 9.53 Å². The summed E-state index contributed by atoms with van der Waals surface area (Å²) >= 11 is 1.84. The number of hydrogen-bond donors (Lipinski definition) is 1. The minimum absolute atomic E-state index is 0.145. The first kappa shape index (κ1) is 11.6. The Kier molecular flexibility index (Phi) is 3.96. The van der Waals surface area contributed by atoms with Crippen LogP contribution in [0, 0.1) is 0 Å². The summed E-state index contributed by atoms with van der Waals surface area (Å²) in [7, 11) is 1.43. The lowest BCUT2D eigenvalue weighted by molar-refractivity contribution is -0.140. The molecule has 1 unspecified atom stereocenters. The third-order valence-corrected chi connectivity index (χ3v) is 4.00. The fourth-order valence-corrected chi connectivity index (χ4v) is 3.14. The fraction of sp³-hybridized carbons (Fsp3) is 0.583. The van der Waals surface area contributed by atoms with E-state index in [1.807, 2.05) is 11.3 Å². The Morgan fingerprint density at radius 2 is 2.56 bits per heavy atom. The lowest BCUT2D eigenvalue weighted by Crippen LogP contribution is -2.26. The normalized spacial score (nSPS) is 19.2. The van der Waals surface area contributed by atoms with Gasteiger partial charge in [0.25, 0.3) is 0 Å². The molecule has 0 aromatic carbocycles. The van der Waals surface area contributed by atoms with Crippen LogP contribution in [0.3, 0.4) is 0 Å². The van der Waals surface area contributed by atoms with Gasteiger partial charge in [-0.25, -0.2) is 0 Å². The molecule has 0 bridgehead atoms. The molecule has 4 heteroatoms. The molecule has 2 rings (SSSR count). The minimum atomic E-state index is -0.145. The van der Waals surface area contributed by atoms with Crippen molar-refractivity contribution in [2.24, 2.45) is 0 Å². The number of methoxy groups -OCH3 is 1. The van der Waals surface area contributed by atoms with Crippen LogP contribution in [0.25, 0.3) is 0 Å². The maximum Gasteiger partial charge on any atom is 0.306 e. The molecule has 1 heterocycles. The van der Waals surface area contributed by atoms with Crippen LogP contribution in [-0.4, -0.2) is 19.6 Å². The number of carbonyl (C=O) groups is 1. The molecule has 1 aromatic rings. The molecule has 0 radical (unpaired) electrons. The van der Waals surface area contributed by atoms with Crippen LogP contribution in [0.5, 0.6) is 0 Å². The quantitative estimate of drug-likeness (QED) is 0.819. The third-order valence-electron chi connectivity index (χ3n) is 3.00. The van der Waals surface area contributed by atoms with E-state index in [-0.39, 0.29) is 5.97 Å².